The number of aromatic nitrogens is 3. The van der Waals surface area contributed by atoms with E-state index in [-0.39, 0.29) is 11.2 Å². The summed E-state index contributed by atoms with van der Waals surface area (Å²) in [5, 5.41) is 21.0. The first kappa shape index (κ1) is 14.2. The average molecular weight is 337 g/mol. The summed E-state index contributed by atoms with van der Waals surface area (Å²) in [5.41, 5.74) is 1.08. The first-order valence-corrected chi connectivity index (χ1v) is 9.45. The summed E-state index contributed by atoms with van der Waals surface area (Å²) >= 11 is 1.83. The molecule has 0 bridgehead atoms. The Morgan fingerprint density at radius 3 is 2.46 bits per heavy atom. The molecule has 2 saturated carbocycles. The lowest BCUT2D eigenvalue weighted by Gasteiger charge is -2.40. The molecule has 0 saturated heterocycles. The van der Waals surface area contributed by atoms with Crippen LogP contribution in [0.15, 0.2) is 41.8 Å². The highest BCUT2D eigenvalue weighted by Gasteiger charge is 2.47. The normalized spacial score (nSPS) is 19.2. The van der Waals surface area contributed by atoms with Crippen LogP contribution >= 0.6 is 11.3 Å². The van der Waals surface area contributed by atoms with Crippen LogP contribution in [0.25, 0.3) is 11.4 Å². The molecule has 0 atom stereocenters. The van der Waals surface area contributed by atoms with Gasteiger partial charge in [-0.05, 0) is 61.4 Å². The number of thiophene rings is 1. The highest BCUT2D eigenvalue weighted by Crippen LogP contribution is 2.52. The quantitative estimate of drug-likeness (QED) is 0.761. The Bertz CT molecular complexity index is 859. The SMILES string of the molecule is Oc1ccc(-c2nnc(C3(c4cccs4)CCC3)n2C2CC2)cc1. The lowest BCUT2D eigenvalue weighted by molar-refractivity contribution is 0.280. The molecule has 24 heavy (non-hydrogen) atoms. The summed E-state index contributed by atoms with van der Waals surface area (Å²) in [6, 6.07) is 12.2. The fourth-order valence-corrected chi connectivity index (χ4v) is 4.75. The van der Waals surface area contributed by atoms with Crippen molar-refractivity contribution in [2.24, 2.45) is 0 Å². The van der Waals surface area contributed by atoms with Crippen molar-refractivity contribution in [3.63, 3.8) is 0 Å². The maximum atomic E-state index is 9.56. The molecule has 0 unspecified atom stereocenters. The Balaban J connectivity index is 1.66. The van der Waals surface area contributed by atoms with Crippen molar-refractivity contribution in [2.45, 2.75) is 43.6 Å². The van der Waals surface area contributed by atoms with Gasteiger partial charge < -0.3 is 9.67 Å². The zero-order valence-electron chi connectivity index (χ0n) is 13.4. The predicted molar refractivity (Wildman–Crippen MR) is 94.3 cm³/mol. The van der Waals surface area contributed by atoms with Crippen molar-refractivity contribution in [3.8, 4) is 17.1 Å². The third-order valence-electron chi connectivity index (χ3n) is 5.36. The summed E-state index contributed by atoms with van der Waals surface area (Å²) in [5.74, 6) is 2.36. The molecule has 3 aromatic rings. The van der Waals surface area contributed by atoms with E-state index in [1.54, 1.807) is 12.1 Å². The fraction of sp³-hybridized carbons (Fsp3) is 0.368. The number of hydrogen-bond donors (Lipinski definition) is 1. The summed E-state index contributed by atoms with van der Waals surface area (Å²) in [4.78, 5) is 1.42. The molecule has 2 fully saturated rings. The third kappa shape index (κ3) is 2.04. The third-order valence-corrected chi connectivity index (χ3v) is 6.44. The Morgan fingerprint density at radius 1 is 1.08 bits per heavy atom. The van der Waals surface area contributed by atoms with Crippen molar-refractivity contribution in [1.29, 1.82) is 0 Å². The van der Waals surface area contributed by atoms with Crippen molar-refractivity contribution in [2.75, 3.05) is 0 Å². The van der Waals surface area contributed by atoms with Crippen LogP contribution in [0.2, 0.25) is 0 Å². The van der Waals surface area contributed by atoms with Gasteiger partial charge in [0, 0.05) is 16.5 Å². The van der Waals surface area contributed by atoms with Crippen LogP contribution < -0.4 is 0 Å². The number of hydrogen-bond acceptors (Lipinski definition) is 4. The molecular formula is C19H19N3OS. The molecule has 5 rings (SSSR count). The maximum absolute atomic E-state index is 9.56. The van der Waals surface area contributed by atoms with E-state index in [1.165, 1.54) is 24.1 Å². The largest absolute Gasteiger partial charge is 0.508 e. The first-order chi connectivity index (χ1) is 11.8. The minimum absolute atomic E-state index is 0.0545. The second-order valence-corrected chi connectivity index (χ2v) is 7.86. The molecule has 5 heteroatoms. The standard InChI is InChI=1S/C19H19N3OS/c23-15-8-4-13(5-9-15)17-20-21-18(22(17)14-6-7-14)19(10-2-11-19)16-3-1-12-24-16/h1,3-5,8-9,12,14,23H,2,6-7,10-11H2. The monoisotopic (exact) mass is 337 g/mol. The molecule has 2 aromatic heterocycles. The molecule has 1 N–H and O–H groups in total. The van der Waals surface area contributed by atoms with E-state index in [9.17, 15) is 5.11 Å². The lowest BCUT2D eigenvalue weighted by atomic mass is 9.67. The molecule has 2 aliphatic carbocycles. The minimum Gasteiger partial charge on any atom is -0.508 e. The van der Waals surface area contributed by atoms with Gasteiger partial charge in [0.25, 0.3) is 0 Å². The number of aromatic hydroxyl groups is 1. The van der Waals surface area contributed by atoms with E-state index in [1.807, 2.05) is 23.5 Å². The Hall–Kier alpha value is -2.14. The molecule has 4 nitrogen and oxygen atoms in total. The smallest absolute Gasteiger partial charge is 0.164 e. The topological polar surface area (TPSA) is 50.9 Å². The average Bonchev–Trinajstić information content (AvgIpc) is 3.07. The van der Waals surface area contributed by atoms with Crippen molar-refractivity contribution in [1.82, 2.24) is 14.8 Å². The zero-order chi connectivity index (χ0) is 16.1. The second-order valence-electron chi connectivity index (χ2n) is 6.91. The molecule has 0 amide bonds. The Kier molecular flexibility index (Phi) is 3.07. The Labute approximate surface area is 144 Å². The highest BCUT2D eigenvalue weighted by atomic mass is 32.1. The van der Waals surface area contributed by atoms with Crippen LogP contribution in [0, 0.1) is 0 Å². The van der Waals surface area contributed by atoms with E-state index in [0.717, 1.165) is 30.1 Å². The van der Waals surface area contributed by atoms with Gasteiger partial charge in [0.15, 0.2) is 5.82 Å². The molecule has 1 aromatic carbocycles. The molecule has 0 aliphatic heterocycles. The Morgan fingerprint density at radius 2 is 1.88 bits per heavy atom. The molecular weight excluding hydrogens is 318 g/mol. The molecule has 0 spiro atoms. The van der Waals surface area contributed by atoms with Gasteiger partial charge in [0.1, 0.15) is 11.6 Å². The fourth-order valence-electron chi connectivity index (χ4n) is 3.76. The van der Waals surface area contributed by atoms with Crippen LogP contribution in [0.5, 0.6) is 5.75 Å². The number of benzene rings is 1. The molecule has 2 aliphatic rings. The van der Waals surface area contributed by atoms with Crippen LogP contribution in [0.1, 0.15) is 48.8 Å². The van der Waals surface area contributed by atoms with Crippen LogP contribution in [0.3, 0.4) is 0 Å². The van der Waals surface area contributed by atoms with Gasteiger partial charge in [0.05, 0.1) is 5.41 Å². The van der Waals surface area contributed by atoms with E-state index < -0.39 is 0 Å². The van der Waals surface area contributed by atoms with Gasteiger partial charge in [-0.15, -0.1) is 21.5 Å². The molecule has 0 radical (unpaired) electrons. The predicted octanol–water partition coefficient (Wildman–Crippen LogP) is 4.52. The van der Waals surface area contributed by atoms with Crippen LogP contribution in [-0.4, -0.2) is 19.9 Å². The maximum Gasteiger partial charge on any atom is 0.164 e. The van der Waals surface area contributed by atoms with Crippen molar-refractivity contribution >= 4 is 11.3 Å². The van der Waals surface area contributed by atoms with Gasteiger partial charge in [-0.1, -0.05) is 12.5 Å². The van der Waals surface area contributed by atoms with E-state index in [0.29, 0.717) is 6.04 Å². The number of phenolic OH excluding ortho intramolecular Hbond substituents is 1. The molecule has 2 heterocycles. The van der Waals surface area contributed by atoms with E-state index in [4.69, 9.17) is 0 Å². The first-order valence-electron chi connectivity index (χ1n) is 8.57. The van der Waals surface area contributed by atoms with E-state index in [2.05, 4.69) is 32.3 Å². The van der Waals surface area contributed by atoms with Crippen molar-refractivity contribution < 1.29 is 5.11 Å². The summed E-state index contributed by atoms with van der Waals surface area (Å²) < 4.78 is 2.38. The van der Waals surface area contributed by atoms with Crippen molar-refractivity contribution in [3.05, 3.63) is 52.5 Å². The lowest BCUT2D eigenvalue weighted by Crippen LogP contribution is -2.37. The zero-order valence-corrected chi connectivity index (χ0v) is 14.2. The summed E-state index contributed by atoms with van der Waals surface area (Å²) in [6.07, 6.45) is 5.99. The minimum atomic E-state index is 0.0545. The molecule has 122 valence electrons. The van der Waals surface area contributed by atoms with Crippen LogP contribution in [-0.2, 0) is 5.41 Å². The number of rotatable bonds is 4. The van der Waals surface area contributed by atoms with Gasteiger partial charge in [-0.2, -0.15) is 0 Å². The highest BCUT2D eigenvalue weighted by molar-refractivity contribution is 7.10. The summed E-state index contributed by atoms with van der Waals surface area (Å²) in [6.45, 7) is 0. The summed E-state index contributed by atoms with van der Waals surface area (Å²) in [7, 11) is 0. The van der Waals surface area contributed by atoms with Gasteiger partial charge >= 0.3 is 0 Å². The number of nitrogens with zero attached hydrogens (tertiary/aromatic N) is 3. The second kappa shape index (κ2) is 5.18. The van der Waals surface area contributed by atoms with Gasteiger partial charge in [-0.25, -0.2) is 0 Å². The van der Waals surface area contributed by atoms with Gasteiger partial charge in [-0.3, -0.25) is 0 Å². The number of phenols is 1. The van der Waals surface area contributed by atoms with Crippen LogP contribution in [0.4, 0.5) is 0 Å². The van der Waals surface area contributed by atoms with Gasteiger partial charge in [0.2, 0.25) is 0 Å². The van der Waals surface area contributed by atoms with E-state index >= 15 is 0 Å².